The van der Waals surface area contributed by atoms with Crippen molar-refractivity contribution in [3.8, 4) is 6.07 Å². The van der Waals surface area contributed by atoms with Gasteiger partial charge >= 0.3 is 0 Å². The summed E-state index contributed by atoms with van der Waals surface area (Å²) in [6, 6.07) is 2.22. The molecule has 92 valence electrons. The van der Waals surface area contributed by atoms with Crippen LogP contribution >= 0.6 is 0 Å². The van der Waals surface area contributed by atoms with Gasteiger partial charge in [-0.2, -0.15) is 10.4 Å². The third-order valence-corrected chi connectivity index (χ3v) is 3.44. The van der Waals surface area contributed by atoms with E-state index >= 15 is 0 Å². The minimum absolute atomic E-state index is 0.572. The molecule has 1 aromatic heterocycles. The van der Waals surface area contributed by atoms with E-state index in [2.05, 4.69) is 16.1 Å². The van der Waals surface area contributed by atoms with Gasteiger partial charge < -0.3 is 10.0 Å². The van der Waals surface area contributed by atoms with Crippen molar-refractivity contribution in [2.24, 2.45) is 7.05 Å². The number of aliphatic hydroxyl groups is 1. The normalized spacial score (nSPS) is 19.1. The summed E-state index contributed by atoms with van der Waals surface area (Å²) in [5, 5.41) is 23.4. The summed E-state index contributed by atoms with van der Waals surface area (Å²) in [5.74, 6) is 0.875. The van der Waals surface area contributed by atoms with Crippen LogP contribution in [0.4, 0.5) is 5.82 Å². The van der Waals surface area contributed by atoms with Crippen LogP contribution in [-0.2, 0) is 7.05 Å². The first-order chi connectivity index (χ1) is 7.94. The third kappa shape index (κ3) is 2.13. The monoisotopic (exact) mass is 234 g/mol. The summed E-state index contributed by atoms with van der Waals surface area (Å²) in [6.45, 7) is 5.24. The first-order valence-corrected chi connectivity index (χ1v) is 5.85. The molecule has 0 amide bonds. The molecule has 1 aliphatic rings. The number of aryl methyl sites for hydroxylation is 2. The molecule has 5 heteroatoms. The third-order valence-electron chi connectivity index (χ3n) is 3.44. The van der Waals surface area contributed by atoms with Crippen molar-refractivity contribution in [1.29, 1.82) is 5.26 Å². The van der Waals surface area contributed by atoms with Crippen molar-refractivity contribution in [1.82, 2.24) is 9.78 Å². The van der Waals surface area contributed by atoms with Crippen LogP contribution in [0, 0.1) is 18.3 Å². The number of piperidine rings is 1. The predicted octanol–water partition coefficient (Wildman–Crippen LogP) is 0.951. The average Bonchev–Trinajstić information content (AvgIpc) is 2.53. The summed E-state index contributed by atoms with van der Waals surface area (Å²) in [7, 11) is 1.86. The second-order valence-corrected chi connectivity index (χ2v) is 5.00. The second kappa shape index (κ2) is 4.04. The quantitative estimate of drug-likeness (QED) is 0.785. The lowest BCUT2D eigenvalue weighted by Gasteiger charge is -2.36. The van der Waals surface area contributed by atoms with E-state index < -0.39 is 5.60 Å². The van der Waals surface area contributed by atoms with Crippen LogP contribution in [-0.4, -0.2) is 33.6 Å². The number of anilines is 1. The summed E-state index contributed by atoms with van der Waals surface area (Å²) in [5.41, 5.74) is 0.841. The van der Waals surface area contributed by atoms with Crippen LogP contribution in [0.2, 0.25) is 0 Å². The van der Waals surface area contributed by atoms with Crippen molar-refractivity contribution in [3.63, 3.8) is 0 Å². The molecule has 2 rings (SSSR count). The van der Waals surface area contributed by atoms with Crippen LogP contribution in [0.5, 0.6) is 0 Å². The zero-order chi connectivity index (χ0) is 12.6. The van der Waals surface area contributed by atoms with Crippen molar-refractivity contribution in [2.45, 2.75) is 32.3 Å². The van der Waals surface area contributed by atoms with Gasteiger partial charge in [0.1, 0.15) is 17.5 Å². The first-order valence-electron chi connectivity index (χ1n) is 5.85. The highest BCUT2D eigenvalue weighted by atomic mass is 16.3. The van der Waals surface area contributed by atoms with Crippen molar-refractivity contribution < 1.29 is 5.11 Å². The van der Waals surface area contributed by atoms with Gasteiger partial charge in [0.05, 0.1) is 11.3 Å². The Morgan fingerprint density at radius 1 is 1.41 bits per heavy atom. The SMILES string of the molecule is Cc1nn(C)c(N2CCC(C)(O)CC2)c1C#N. The van der Waals surface area contributed by atoms with Gasteiger partial charge in [-0.3, -0.25) is 4.68 Å². The standard InChI is InChI=1S/C12H18N4O/c1-9-10(8-13)11(15(3)14-9)16-6-4-12(2,17)5-7-16/h17H,4-7H2,1-3H3. The maximum Gasteiger partial charge on any atom is 0.144 e. The molecular weight excluding hydrogens is 216 g/mol. The zero-order valence-corrected chi connectivity index (χ0v) is 10.6. The van der Waals surface area contributed by atoms with E-state index in [1.807, 2.05) is 20.9 Å². The molecule has 0 spiro atoms. The molecule has 1 N–H and O–H groups in total. The molecule has 0 saturated carbocycles. The highest BCUT2D eigenvalue weighted by Crippen LogP contribution is 2.28. The zero-order valence-electron chi connectivity index (χ0n) is 10.6. The van der Waals surface area contributed by atoms with E-state index in [1.165, 1.54) is 0 Å². The number of nitriles is 1. The smallest absolute Gasteiger partial charge is 0.144 e. The average molecular weight is 234 g/mol. The fourth-order valence-electron chi connectivity index (χ4n) is 2.34. The molecule has 0 aromatic carbocycles. The van der Waals surface area contributed by atoms with E-state index in [0.717, 1.165) is 37.4 Å². The van der Waals surface area contributed by atoms with Crippen LogP contribution in [0.15, 0.2) is 0 Å². The maximum absolute atomic E-state index is 9.93. The lowest BCUT2D eigenvalue weighted by atomic mass is 9.94. The van der Waals surface area contributed by atoms with Crippen LogP contribution < -0.4 is 4.90 Å². The Bertz CT molecular complexity index is 460. The van der Waals surface area contributed by atoms with E-state index in [4.69, 9.17) is 5.26 Å². The lowest BCUT2D eigenvalue weighted by molar-refractivity contribution is 0.0349. The summed E-state index contributed by atoms with van der Waals surface area (Å²) < 4.78 is 1.76. The molecule has 1 fully saturated rings. The maximum atomic E-state index is 9.93. The van der Waals surface area contributed by atoms with Gasteiger partial charge in [0, 0.05) is 20.1 Å². The molecular formula is C12H18N4O. The second-order valence-electron chi connectivity index (χ2n) is 5.00. The largest absolute Gasteiger partial charge is 0.390 e. The van der Waals surface area contributed by atoms with E-state index in [1.54, 1.807) is 4.68 Å². The molecule has 1 aromatic rings. The first kappa shape index (κ1) is 11.9. The molecule has 0 radical (unpaired) electrons. The number of hydrogen-bond donors (Lipinski definition) is 1. The highest BCUT2D eigenvalue weighted by Gasteiger charge is 2.30. The topological polar surface area (TPSA) is 65.1 Å². The molecule has 0 atom stereocenters. The van der Waals surface area contributed by atoms with Gasteiger partial charge in [-0.25, -0.2) is 0 Å². The van der Waals surface area contributed by atoms with Crippen molar-refractivity contribution in [3.05, 3.63) is 11.3 Å². The van der Waals surface area contributed by atoms with Gasteiger partial charge in [0.15, 0.2) is 0 Å². The Morgan fingerprint density at radius 3 is 2.53 bits per heavy atom. The molecule has 17 heavy (non-hydrogen) atoms. The minimum Gasteiger partial charge on any atom is -0.390 e. The van der Waals surface area contributed by atoms with Crippen LogP contribution in [0.3, 0.4) is 0 Å². The van der Waals surface area contributed by atoms with Gasteiger partial charge in [-0.15, -0.1) is 0 Å². The highest BCUT2D eigenvalue weighted by molar-refractivity contribution is 5.57. The number of hydrogen-bond acceptors (Lipinski definition) is 4. The van der Waals surface area contributed by atoms with Gasteiger partial charge in [0.2, 0.25) is 0 Å². The molecule has 1 saturated heterocycles. The Hall–Kier alpha value is -1.54. The molecule has 1 aliphatic heterocycles. The lowest BCUT2D eigenvalue weighted by Crippen LogP contribution is -2.43. The van der Waals surface area contributed by atoms with Crippen LogP contribution in [0.25, 0.3) is 0 Å². The van der Waals surface area contributed by atoms with Gasteiger partial charge in [0.25, 0.3) is 0 Å². The Morgan fingerprint density at radius 2 is 2.00 bits per heavy atom. The van der Waals surface area contributed by atoms with E-state index in [9.17, 15) is 5.11 Å². The van der Waals surface area contributed by atoms with E-state index in [0.29, 0.717) is 5.56 Å². The van der Waals surface area contributed by atoms with E-state index in [-0.39, 0.29) is 0 Å². The Labute approximate surface area is 101 Å². The summed E-state index contributed by atoms with van der Waals surface area (Å²) in [6.07, 6.45) is 1.45. The molecule has 0 unspecified atom stereocenters. The summed E-state index contributed by atoms with van der Waals surface area (Å²) in [4.78, 5) is 2.14. The van der Waals surface area contributed by atoms with Crippen LogP contribution in [0.1, 0.15) is 31.0 Å². The Balaban J connectivity index is 2.28. The Kier molecular flexibility index (Phi) is 2.84. The predicted molar refractivity (Wildman–Crippen MR) is 64.7 cm³/mol. The van der Waals surface area contributed by atoms with Gasteiger partial charge in [-0.05, 0) is 26.7 Å². The molecule has 2 heterocycles. The number of rotatable bonds is 1. The molecule has 0 bridgehead atoms. The summed E-state index contributed by atoms with van der Waals surface area (Å²) >= 11 is 0. The minimum atomic E-state index is -0.572. The fourth-order valence-corrected chi connectivity index (χ4v) is 2.34. The van der Waals surface area contributed by atoms with Crippen molar-refractivity contribution >= 4 is 5.82 Å². The number of aromatic nitrogens is 2. The van der Waals surface area contributed by atoms with Gasteiger partial charge in [-0.1, -0.05) is 0 Å². The molecule has 5 nitrogen and oxygen atoms in total. The number of nitrogens with zero attached hydrogens (tertiary/aromatic N) is 4. The fraction of sp³-hybridized carbons (Fsp3) is 0.667. The van der Waals surface area contributed by atoms with Crippen molar-refractivity contribution in [2.75, 3.05) is 18.0 Å². The molecule has 0 aliphatic carbocycles.